The van der Waals surface area contributed by atoms with Crippen LogP contribution in [0.15, 0.2) is 46.9 Å². The van der Waals surface area contributed by atoms with Gasteiger partial charge in [-0.3, -0.25) is 0 Å². The van der Waals surface area contributed by atoms with Crippen molar-refractivity contribution in [2.45, 2.75) is 0 Å². The number of nitrogens with one attached hydrogen (secondary N) is 1. The molecule has 5 heteroatoms. The minimum Gasteiger partial charge on any atom is -0.389 e. The van der Waals surface area contributed by atoms with Crippen molar-refractivity contribution >= 4 is 56.1 Å². The van der Waals surface area contributed by atoms with Gasteiger partial charge in [0.05, 0.1) is 10.7 Å². The minimum absolute atomic E-state index is 0.339. The lowest BCUT2D eigenvalue weighted by molar-refractivity contribution is 1.51. The topological polar surface area (TPSA) is 38.0 Å². The summed E-state index contributed by atoms with van der Waals surface area (Å²) in [4.78, 5) is 0.339. The fraction of sp³-hybridized carbons (Fsp3) is 0. The molecule has 0 aromatic heterocycles. The fourth-order valence-corrected chi connectivity index (χ4v) is 2.25. The predicted octanol–water partition coefficient (Wildman–Crippen LogP) is 4.48. The second kappa shape index (κ2) is 5.69. The van der Waals surface area contributed by atoms with Gasteiger partial charge in [0.1, 0.15) is 4.99 Å². The van der Waals surface area contributed by atoms with E-state index in [1.54, 1.807) is 0 Å². The van der Waals surface area contributed by atoms with E-state index in [4.69, 9.17) is 29.6 Å². The second-order valence-corrected chi connectivity index (χ2v) is 5.42. The molecule has 0 saturated carbocycles. The molecule has 3 N–H and O–H groups in total. The van der Waals surface area contributed by atoms with Gasteiger partial charge in [0.15, 0.2) is 0 Å². The molecular formula is C13H10BrClN2S. The van der Waals surface area contributed by atoms with Crippen molar-refractivity contribution in [1.82, 2.24) is 0 Å². The fourth-order valence-electron chi connectivity index (χ4n) is 1.54. The van der Waals surface area contributed by atoms with Crippen LogP contribution in [0.2, 0.25) is 5.02 Å². The van der Waals surface area contributed by atoms with Crippen molar-refractivity contribution in [2.24, 2.45) is 5.73 Å². The van der Waals surface area contributed by atoms with E-state index >= 15 is 0 Å². The van der Waals surface area contributed by atoms with Crippen LogP contribution in [-0.2, 0) is 0 Å². The van der Waals surface area contributed by atoms with Crippen LogP contribution in [0.5, 0.6) is 0 Å². The maximum absolute atomic E-state index is 6.10. The molecule has 0 amide bonds. The Bertz CT molecular complexity index is 601. The van der Waals surface area contributed by atoms with Gasteiger partial charge in [0.25, 0.3) is 0 Å². The van der Waals surface area contributed by atoms with Crippen molar-refractivity contribution in [2.75, 3.05) is 5.32 Å². The number of hydrogen-bond donors (Lipinski definition) is 2. The van der Waals surface area contributed by atoms with E-state index in [9.17, 15) is 0 Å². The minimum atomic E-state index is 0.339. The van der Waals surface area contributed by atoms with E-state index in [-0.39, 0.29) is 0 Å². The van der Waals surface area contributed by atoms with Crippen molar-refractivity contribution in [3.8, 4) is 0 Å². The molecule has 0 saturated heterocycles. The van der Waals surface area contributed by atoms with E-state index < -0.39 is 0 Å². The first-order valence-corrected chi connectivity index (χ1v) is 6.77. The Labute approximate surface area is 124 Å². The van der Waals surface area contributed by atoms with Crippen molar-refractivity contribution in [3.05, 3.63) is 57.5 Å². The quantitative estimate of drug-likeness (QED) is 0.808. The summed E-state index contributed by atoms with van der Waals surface area (Å²) in [6.07, 6.45) is 0. The van der Waals surface area contributed by atoms with Crippen LogP contribution in [0.3, 0.4) is 0 Å². The Balaban J connectivity index is 2.41. The largest absolute Gasteiger partial charge is 0.389 e. The number of para-hydroxylation sites is 1. The number of hydrogen-bond acceptors (Lipinski definition) is 2. The highest BCUT2D eigenvalue weighted by Gasteiger charge is 2.07. The average molecular weight is 342 g/mol. The van der Waals surface area contributed by atoms with Gasteiger partial charge in [-0.25, -0.2) is 0 Å². The summed E-state index contributed by atoms with van der Waals surface area (Å²) in [5, 5.41) is 3.88. The molecule has 92 valence electrons. The van der Waals surface area contributed by atoms with E-state index in [1.165, 1.54) is 0 Å². The van der Waals surface area contributed by atoms with Crippen molar-refractivity contribution in [3.63, 3.8) is 0 Å². The van der Waals surface area contributed by atoms with Gasteiger partial charge < -0.3 is 11.1 Å². The number of nitrogens with two attached hydrogens (primary N) is 1. The third kappa shape index (κ3) is 3.02. The summed E-state index contributed by atoms with van der Waals surface area (Å²) >= 11 is 14.5. The number of halogens is 2. The molecule has 0 spiro atoms. The Morgan fingerprint density at radius 2 is 1.89 bits per heavy atom. The van der Waals surface area contributed by atoms with E-state index in [2.05, 4.69) is 21.2 Å². The van der Waals surface area contributed by atoms with E-state index in [0.717, 1.165) is 21.4 Å². The SMILES string of the molecule is NC(=S)c1cc(Br)ccc1Nc1ccccc1Cl. The van der Waals surface area contributed by atoms with Gasteiger partial charge >= 0.3 is 0 Å². The lowest BCUT2D eigenvalue weighted by Crippen LogP contribution is -2.12. The third-order valence-corrected chi connectivity index (χ3v) is 3.43. The lowest BCUT2D eigenvalue weighted by Gasteiger charge is -2.12. The van der Waals surface area contributed by atoms with Gasteiger partial charge in [0, 0.05) is 15.7 Å². The normalized spacial score (nSPS) is 10.1. The highest BCUT2D eigenvalue weighted by Crippen LogP contribution is 2.28. The van der Waals surface area contributed by atoms with Crippen molar-refractivity contribution < 1.29 is 0 Å². The zero-order chi connectivity index (χ0) is 13.1. The Morgan fingerprint density at radius 3 is 2.56 bits per heavy atom. The van der Waals surface area contributed by atoms with Crippen LogP contribution < -0.4 is 11.1 Å². The zero-order valence-corrected chi connectivity index (χ0v) is 12.4. The van der Waals surface area contributed by atoms with Gasteiger partial charge in [-0.2, -0.15) is 0 Å². The highest BCUT2D eigenvalue weighted by molar-refractivity contribution is 9.10. The molecule has 2 nitrogen and oxygen atoms in total. The molecule has 0 aliphatic heterocycles. The zero-order valence-electron chi connectivity index (χ0n) is 9.28. The molecule has 0 bridgehead atoms. The molecule has 0 fully saturated rings. The molecule has 18 heavy (non-hydrogen) atoms. The van der Waals surface area contributed by atoms with Gasteiger partial charge in [-0.1, -0.05) is 51.9 Å². The van der Waals surface area contributed by atoms with Crippen LogP contribution in [-0.4, -0.2) is 4.99 Å². The van der Waals surface area contributed by atoms with Crippen molar-refractivity contribution in [1.29, 1.82) is 0 Å². The molecule has 2 aromatic rings. The summed E-state index contributed by atoms with van der Waals surface area (Å²) in [6.45, 7) is 0. The van der Waals surface area contributed by atoms with Gasteiger partial charge in [-0.05, 0) is 30.3 Å². The van der Waals surface area contributed by atoms with Gasteiger partial charge in [-0.15, -0.1) is 0 Å². The Kier molecular flexibility index (Phi) is 4.22. The summed E-state index contributed by atoms with van der Waals surface area (Å²) in [7, 11) is 0. The number of rotatable bonds is 3. The molecule has 0 atom stereocenters. The first-order valence-electron chi connectivity index (χ1n) is 5.19. The third-order valence-electron chi connectivity index (χ3n) is 2.39. The summed E-state index contributed by atoms with van der Waals surface area (Å²) < 4.78 is 0.926. The second-order valence-electron chi connectivity index (χ2n) is 3.66. The predicted molar refractivity (Wildman–Crippen MR) is 84.8 cm³/mol. The lowest BCUT2D eigenvalue weighted by atomic mass is 10.1. The van der Waals surface area contributed by atoms with Crippen LogP contribution >= 0.6 is 39.7 Å². The summed E-state index contributed by atoms with van der Waals surface area (Å²) in [5.74, 6) is 0. The molecule has 0 aliphatic carbocycles. The molecule has 0 radical (unpaired) electrons. The smallest absolute Gasteiger partial charge is 0.106 e. The molecule has 2 aromatic carbocycles. The monoisotopic (exact) mass is 340 g/mol. The molecular weight excluding hydrogens is 332 g/mol. The van der Waals surface area contributed by atoms with Crippen LogP contribution in [0.25, 0.3) is 0 Å². The maximum Gasteiger partial charge on any atom is 0.106 e. The standard InChI is InChI=1S/C13H10BrClN2S/c14-8-5-6-11(9(7-8)13(16)18)17-12-4-2-1-3-10(12)15/h1-7,17H,(H2,16,18). The Morgan fingerprint density at radius 1 is 1.17 bits per heavy atom. The number of benzene rings is 2. The Hall–Kier alpha value is -1.10. The molecule has 0 aliphatic rings. The van der Waals surface area contributed by atoms with Crippen LogP contribution in [0.4, 0.5) is 11.4 Å². The van der Waals surface area contributed by atoms with E-state index in [1.807, 2.05) is 42.5 Å². The first-order chi connectivity index (χ1) is 8.58. The summed E-state index contributed by atoms with van der Waals surface area (Å²) in [6, 6.07) is 13.2. The molecule has 2 rings (SSSR count). The molecule has 0 unspecified atom stereocenters. The summed E-state index contributed by atoms with van der Waals surface area (Å²) in [5.41, 5.74) is 8.14. The van der Waals surface area contributed by atoms with Crippen LogP contribution in [0.1, 0.15) is 5.56 Å². The van der Waals surface area contributed by atoms with E-state index in [0.29, 0.717) is 10.0 Å². The number of thiocarbonyl (C=S) groups is 1. The molecule has 0 heterocycles. The average Bonchev–Trinajstić information content (AvgIpc) is 2.34. The number of anilines is 2. The van der Waals surface area contributed by atoms with Gasteiger partial charge in [0.2, 0.25) is 0 Å². The maximum atomic E-state index is 6.10. The highest BCUT2D eigenvalue weighted by atomic mass is 79.9. The van der Waals surface area contributed by atoms with Crippen LogP contribution in [0, 0.1) is 0 Å². The first kappa shape index (κ1) is 13.3.